The van der Waals surface area contributed by atoms with Crippen LogP contribution in [0, 0.1) is 6.92 Å². The first kappa shape index (κ1) is 29.5. The molecule has 0 saturated carbocycles. The van der Waals surface area contributed by atoms with E-state index < -0.39 is 28.5 Å². The number of hydrogen-bond donors (Lipinski definition) is 1. The average molecular weight is 577 g/mol. The third kappa shape index (κ3) is 7.07. The highest BCUT2D eigenvalue weighted by Gasteiger charge is 2.33. The van der Waals surface area contributed by atoms with Crippen molar-refractivity contribution in [1.29, 1.82) is 0 Å². The number of benzene rings is 3. The van der Waals surface area contributed by atoms with Crippen molar-refractivity contribution >= 4 is 50.7 Å². The number of amides is 2. The molecule has 0 aliphatic heterocycles. The summed E-state index contributed by atoms with van der Waals surface area (Å²) in [5, 5.41) is 3.47. The number of sulfonamides is 1. The smallest absolute Gasteiger partial charge is 0.264 e. The Morgan fingerprint density at radius 3 is 2.18 bits per heavy atom. The van der Waals surface area contributed by atoms with Crippen LogP contribution in [0.2, 0.25) is 10.0 Å². The number of carbonyl (C=O) groups excluding carboxylic acids is 2. The van der Waals surface area contributed by atoms with Crippen LogP contribution in [0.4, 0.5) is 5.69 Å². The molecule has 0 saturated heterocycles. The van der Waals surface area contributed by atoms with Crippen molar-refractivity contribution in [2.75, 3.05) is 17.4 Å². The number of halogens is 2. The van der Waals surface area contributed by atoms with Crippen LogP contribution >= 0.6 is 23.2 Å². The van der Waals surface area contributed by atoms with Gasteiger partial charge in [-0.1, -0.05) is 66.5 Å². The Bertz CT molecular complexity index is 1360. The fourth-order valence-corrected chi connectivity index (χ4v) is 5.81. The number of hydrogen-bond acceptors (Lipinski definition) is 4. The molecule has 0 radical (unpaired) electrons. The molecular formula is C28H31Cl2N3O4S. The predicted octanol–water partition coefficient (Wildman–Crippen LogP) is 5.44. The second kappa shape index (κ2) is 13.1. The van der Waals surface area contributed by atoms with E-state index in [-0.39, 0.29) is 17.3 Å². The van der Waals surface area contributed by atoms with Gasteiger partial charge in [0.2, 0.25) is 11.8 Å². The summed E-state index contributed by atoms with van der Waals surface area (Å²) >= 11 is 12.8. The lowest BCUT2D eigenvalue weighted by molar-refractivity contribution is -0.139. The first-order valence-corrected chi connectivity index (χ1v) is 14.4. The van der Waals surface area contributed by atoms with Gasteiger partial charge in [-0.3, -0.25) is 13.9 Å². The van der Waals surface area contributed by atoms with Crippen molar-refractivity contribution in [2.45, 2.75) is 44.7 Å². The van der Waals surface area contributed by atoms with Crippen molar-refractivity contribution in [1.82, 2.24) is 10.2 Å². The van der Waals surface area contributed by atoms with Gasteiger partial charge in [0, 0.05) is 28.7 Å². The van der Waals surface area contributed by atoms with Gasteiger partial charge < -0.3 is 10.2 Å². The van der Waals surface area contributed by atoms with Crippen LogP contribution in [-0.2, 0) is 26.2 Å². The molecule has 3 rings (SSSR count). The first-order chi connectivity index (χ1) is 18.1. The van der Waals surface area contributed by atoms with Gasteiger partial charge in [-0.05, 0) is 62.2 Å². The largest absolute Gasteiger partial charge is 0.354 e. The van der Waals surface area contributed by atoms with Gasteiger partial charge >= 0.3 is 0 Å². The summed E-state index contributed by atoms with van der Waals surface area (Å²) in [5.41, 5.74) is 1.63. The first-order valence-electron chi connectivity index (χ1n) is 12.2. The molecule has 0 aliphatic rings. The van der Waals surface area contributed by atoms with E-state index in [1.165, 1.54) is 17.0 Å². The Labute approximate surface area is 234 Å². The SMILES string of the molecule is CCCNC(=O)[C@@H](C)N(Cc1c(Cl)cccc1Cl)C(=O)CN(c1cccc(C)c1)S(=O)(=O)c1ccccc1. The zero-order valence-corrected chi connectivity index (χ0v) is 23.9. The molecular weight excluding hydrogens is 545 g/mol. The Balaban J connectivity index is 2.05. The monoisotopic (exact) mass is 575 g/mol. The lowest BCUT2D eigenvalue weighted by Gasteiger charge is -2.32. The lowest BCUT2D eigenvalue weighted by atomic mass is 10.1. The molecule has 0 spiro atoms. The Kier molecular flexibility index (Phi) is 10.2. The number of anilines is 1. The third-order valence-electron chi connectivity index (χ3n) is 6.01. The molecule has 0 aliphatic carbocycles. The second-order valence-electron chi connectivity index (χ2n) is 8.85. The van der Waals surface area contributed by atoms with Gasteiger partial charge in [-0.2, -0.15) is 0 Å². The number of carbonyl (C=O) groups is 2. The maximum absolute atomic E-state index is 13.9. The van der Waals surface area contributed by atoms with E-state index in [0.717, 1.165) is 16.3 Å². The Morgan fingerprint density at radius 1 is 0.947 bits per heavy atom. The molecule has 0 heterocycles. The van der Waals surface area contributed by atoms with Crippen LogP contribution < -0.4 is 9.62 Å². The number of nitrogens with zero attached hydrogens (tertiary/aromatic N) is 2. The van der Waals surface area contributed by atoms with E-state index in [2.05, 4.69) is 5.32 Å². The van der Waals surface area contributed by atoms with Gasteiger partial charge in [0.25, 0.3) is 10.0 Å². The summed E-state index contributed by atoms with van der Waals surface area (Å²) in [5.74, 6) is -0.947. The summed E-state index contributed by atoms with van der Waals surface area (Å²) in [6.07, 6.45) is 0.721. The highest BCUT2D eigenvalue weighted by Crippen LogP contribution is 2.28. The molecule has 7 nitrogen and oxygen atoms in total. The molecule has 38 heavy (non-hydrogen) atoms. The summed E-state index contributed by atoms with van der Waals surface area (Å²) in [7, 11) is -4.12. The Hall–Kier alpha value is -3.07. The average Bonchev–Trinajstić information content (AvgIpc) is 2.90. The van der Waals surface area contributed by atoms with E-state index >= 15 is 0 Å². The van der Waals surface area contributed by atoms with E-state index in [4.69, 9.17) is 23.2 Å². The van der Waals surface area contributed by atoms with Crippen LogP contribution in [0.1, 0.15) is 31.4 Å². The zero-order valence-electron chi connectivity index (χ0n) is 21.5. The molecule has 1 atom stereocenters. The van der Waals surface area contributed by atoms with Gasteiger partial charge in [0.15, 0.2) is 0 Å². The molecule has 3 aromatic rings. The van der Waals surface area contributed by atoms with Crippen molar-refractivity contribution in [3.63, 3.8) is 0 Å². The molecule has 1 N–H and O–H groups in total. The number of aryl methyl sites for hydroxylation is 1. The van der Waals surface area contributed by atoms with Gasteiger partial charge in [-0.15, -0.1) is 0 Å². The maximum Gasteiger partial charge on any atom is 0.264 e. The van der Waals surface area contributed by atoms with Crippen LogP contribution in [0.5, 0.6) is 0 Å². The molecule has 0 bridgehead atoms. The van der Waals surface area contributed by atoms with Crippen molar-refractivity contribution in [2.24, 2.45) is 0 Å². The van der Waals surface area contributed by atoms with Crippen molar-refractivity contribution in [3.05, 3.63) is 94.0 Å². The van der Waals surface area contributed by atoms with Gasteiger partial charge in [0.1, 0.15) is 12.6 Å². The minimum Gasteiger partial charge on any atom is -0.354 e. The van der Waals surface area contributed by atoms with Gasteiger partial charge in [0.05, 0.1) is 10.6 Å². The summed E-state index contributed by atoms with van der Waals surface area (Å²) in [4.78, 5) is 28.2. The highest BCUT2D eigenvalue weighted by atomic mass is 35.5. The third-order valence-corrected chi connectivity index (χ3v) is 8.50. The van der Waals surface area contributed by atoms with Crippen molar-refractivity contribution in [3.8, 4) is 0 Å². The fourth-order valence-electron chi connectivity index (χ4n) is 3.86. The maximum atomic E-state index is 13.9. The number of nitrogens with one attached hydrogen (secondary N) is 1. The topological polar surface area (TPSA) is 86.8 Å². The van der Waals surface area contributed by atoms with E-state index in [0.29, 0.717) is 27.8 Å². The van der Waals surface area contributed by atoms with Gasteiger partial charge in [-0.25, -0.2) is 8.42 Å². The second-order valence-corrected chi connectivity index (χ2v) is 11.5. The molecule has 0 fully saturated rings. The van der Waals surface area contributed by atoms with Crippen LogP contribution in [0.3, 0.4) is 0 Å². The normalized spacial score (nSPS) is 12.0. The molecule has 3 aromatic carbocycles. The van der Waals surface area contributed by atoms with Crippen LogP contribution in [-0.4, -0.2) is 44.3 Å². The molecule has 202 valence electrons. The molecule has 2 amide bonds. The van der Waals surface area contributed by atoms with E-state index in [1.807, 2.05) is 19.9 Å². The fraction of sp³-hybridized carbons (Fsp3) is 0.286. The minimum absolute atomic E-state index is 0.0451. The quantitative estimate of drug-likeness (QED) is 0.330. The zero-order chi connectivity index (χ0) is 27.9. The summed E-state index contributed by atoms with van der Waals surface area (Å²) in [6.45, 7) is 5.18. The van der Waals surface area contributed by atoms with Crippen LogP contribution in [0.25, 0.3) is 0 Å². The molecule has 0 aromatic heterocycles. The van der Waals surface area contributed by atoms with Crippen molar-refractivity contribution < 1.29 is 18.0 Å². The number of rotatable bonds is 11. The minimum atomic E-state index is -4.12. The van der Waals surface area contributed by atoms with Crippen LogP contribution in [0.15, 0.2) is 77.7 Å². The molecule has 10 heteroatoms. The highest BCUT2D eigenvalue weighted by molar-refractivity contribution is 7.92. The lowest BCUT2D eigenvalue weighted by Crippen LogP contribution is -2.51. The van der Waals surface area contributed by atoms with E-state index in [1.54, 1.807) is 61.5 Å². The molecule has 0 unspecified atom stereocenters. The summed E-state index contributed by atoms with van der Waals surface area (Å²) < 4.78 is 28.6. The standard InChI is InChI=1S/C28H31Cl2N3O4S/c1-4-16-31-28(35)21(3)32(18-24-25(29)14-9-15-26(24)30)27(34)19-33(22-11-8-10-20(2)17-22)38(36,37)23-12-6-5-7-13-23/h5-15,17,21H,4,16,18-19H2,1-3H3,(H,31,35)/t21-/m1/s1. The van der Waals surface area contributed by atoms with E-state index in [9.17, 15) is 18.0 Å². The predicted molar refractivity (Wildman–Crippen MR) is 152 cm³/mol. The summed E-state index contributed by atoms with van der Waals surface area (Å²) in [6, 6.07) is 18.9. The Morgan fingerprint density at radius 2 is 1.58 bits per heavy atom.